The van der Waals surface area contributed by atoms with Crippen LogP contribution >= 0.6 is 0 Å². The van der Waals surface area contributed by atoms with Gasteiger partial charge in [0.05, 0.1) is 12.8 Å². The van der Waals surface area contributed by atoms with Crippen LogP contribution in [0.25, 0.3) is 0 Å². The number of halogens is 6. The fourth-order valence-electron chi connectivity index (χ4n) is 1.75. The van der Waals surface area contributed by atoms with Crippen LogP contribution in [0, 0.1) is 0 Å². The Morgan fingerprint density at radius 1 is 0.600 bits per heavy atom. The summed E-state index contributed by atoms with van der Waals surface area (Å²) in [5, 5.41) is 17.9. The first-order chi connectivity index (χ1) is 11.0. The third-order valence-electron chi connectivity index (χ3n) is 2.77. The van der Waals surface area contributed by atoms with Crippen molar-refractivity contribution in [1.29, 1.82) is 0 Å². The minimum atomic E-state index is -4.27. The maximum atomic E-state index is 11.8. The van der Waals surface area contributed by atoms with Crippen molar-refractivity contribution < 1.29 is 53.9 Å². The van der Waals surface area contributed by atoms with Gasteiger partial charge in [0.1, 0.15) is 11.5 Å². The third kappa shape index (κ3) is 9.90. The summed E-state index contributed by atoms with van der Waals surface area (Å²) in [6.45, 7) is 0. The van der Waals surface area contributed by atoms with Crippen LogP contribution in [0.1, 0.15) is 11.1 Å². The van der Waals surface area contributed by atoms with Gasteiger partial charge >= 0.3 is 12.4 Å². The molecule has 0 saturated heterocycles. The summed E-state index contributed by atoms with van der Waals surface area (Å²) in [6, 6.07) is 10.9. The fraction of sp³-hybridized carbons (Fsp3) is 0.250. The molecule has 0 aliphatic carbocycles. The molecule has 9 heteroatoms. The van der Waals surface area contributed by atoms with E-state index in [2.05, 4.69) is 0 Å². The Morgan fingerprint density at radius 3 is 1.12 bits per heavy atom. The van der Waals surface area contributed by atoms with Crippen LogP contribution in [0.2, 0.25) is 0 Å². The molecule has 0 spiro atoms. The van der Waals surface area contributed by atoms with Crippen LogP contribution in [0.4, 0.5) is 26.3 Å². The summed E-state index contributed by atoms with van der Waals surface area (Å²) in [7, 11) is 0. The first-order valence-corrected chi connectivity index (χ1v) is 6.65. The summed E-state index contributed by atoms with van der Waals surface area (Å²) in [6.07, 6.45) is -10.7. The minimum absolute atomic E-state index is 0. The van der Waals surface area contributed by atoms with Gasteiger partial charge in [-0.15, -0.1) is 0 Å². The van der Waals surface area contributed by atoms with Crippen molar-refractivity contribution in [2.45, 2.75) is 25.2 Å². The van der Waals surface area contributed by atoms with Crippen molar-refractivity contribution in [1.82, 2.24) is 0 Å². The van der Waals surface area contributed by atoms with Gasteiger partial charge in [0, 0.05) is 28.5 Å². The number of aromatic hydroxyl groups is 2. The molecular formula is C16H14CrF6O2. The van der Waals surface area contributed by atoms with Crippen molar-refractivity contribution in [2.75, 3.05) is 0 Å². The number of hydrogen-bond donors (Lipinski definition) is 2. The molecule has 0 saturated carbocycles. The van der Waals surface area contributed by atoms with Crippen molar-refractivity contribution in [3.8, 4) is 11.5 Å². The standard InChI is InChI=1S/2C8H7F3O.Cr/c2*9-8(10,11)5-6-3-1-2-4-7(6)12;/h2*1-4,12H,5H2;. The van der Waals surface area contributed by atoms with E-state index in [1.165, 1.54) is 48.5 Å². The normalized spacial score (nSPS) is 11.1. The molecule has 0 aliphatic rings. The van der Waals surface area contributed by atoms with Crippen LogP contribution < -0.4 is 0 Å². The Hall–Kier alpha value is -1.85. The Bertz CT molecular complexity index is 598. The van der Waals surface area contributed by atoms with E-state index in [9.17, 15) is 26.3 Å². The van der Waals surface area contributed by atoms with Gasteiger partial charge in [-0.2, -0.15) is 26.3 Å². The number of alkyl halides is 6. The molecule has 2 N–H and O–H groups in total. The maximum Gasteiger partial charge on any atom is 0.393 e. The van der Waals surface area contributed by atoms with Gasteiger partial charge in [0.2, 0.25) is 0 Å². The van der Waals surface area contributed by atoms with E-state index in [4.69, 9.17) is 10.2 Å². The summed E-state index contributed by atoms with van der Waals surface area (Å²) in [5.41, 5.74) is -0.185. The second-order valence-electron chi connectivity index (χ2n) is 4.84. The van der Waals surface area contributed by atoms with E-state index in [1.54, 1.807) is 0 Å². The van der Waals surface area contributed by atoms with E-state index in [0.29, 0.717) is 0 Å². The Balaban J connectivity index is 0.000000443. The Kier molecular flexibility index (Phi) is 8.88. The molecule has 0 fully saturated rings. The van der Waals surface area contributed by atoms with Gasteiger partial charge in [-0.1, -0.05) is 36.4 Å². The molecule has 2 aromatic rings. The van der Waals surface area contributed by atoms with E-state index < -0.39 is 25.2 Å². The molecule has 0 heterocycles. The van der Waals surface area contributed by atoms with Gasteiger partial charge in [-0.05, 0) is 12.1 Å². The number of hydrogen-bond acceptors (Lipinski definition) is 2. The average molecular weight is 404 g/mol. The van der Waals surface area contributed by atoms with E-state index >= 15 is 0 Å². The molecule has 138 valence electrons. The molecule has 0 unspecified atom stereocenters. The molecule has 2 aromatic carbocycles. The quantitative estimate of drug-likeness (QED) is 0.693. The van der Waals surface area contributed by atoms with Crippen molar-refractivity contribution in [3.05, 3.63) is 59.7 Å². The van der Waals surface area contributed by atoms with Crippen LogP contribution in [0.15, 0.2) is 48.5 Å². The van der Waals surface area contributed by atoms with E-state index in [0.717, 1.165) is 0 Å². The third-order valence-corrected chi connectivity index (χ3v) is 2.77. The van der Waals surface area contributed by atoms with Gasteiger partial charge < -0.3 is 10.2 Å². The topological polar surface area (TPSA) is 40.5 Å². The Labute approximate surface area is 150 Å². The number of phenols is 2. The molecule has 0 aliphatic heterocycles. The average Bonchev–Trinajstić information content (AvgIpc) is 2.42. The molecular weight excluding hydrogens is 390 g/mol. The molecule has 0 bridgehead atoms. The van der Waals surface area contributed by atoms with E-state index in [-0.39, 0.29) is 40.0 Å². The number of rotatable bonds is 2. The minimum Gasteiger partial charge on any atom is -0.508 e. The van der Waals surface area contributed by atoms with Crippen LogP contribution in [0.5, 0.6) is 11.5 Å². The largest absolute Gasteiger partial charge is 0.508 e. The van der Waals surface area contributed by atoms with E-state index in [1.807, 2.05) is 0 Å². The first-order valence-electron chi connectivity index (χ1n) is 6.65. The molecule has 2 nitrogen and oxygen atoms in total. The van der Waals surface area contributed by atoms with Gasteiger partial charge in [0.25, 0.3) is 0 Å². The van der Waals surface area contributed by atoms with Crippen molar-refractivity contribution in [2.24, 2.45) is 0 Å². The Morgan fingerprint density at radius 2 is 0.880 bits per heavy atom. The van der Waals surface area contributed by atoms with Gasteiger partial charge in [0.15, 0.2) is 0 Å². The molecule has 0 atom stereocenters. The summed E-state index contributed by atoms with van der Waals surface area (Å²) in [5.74, 6) is -0.621. The van der Waals surface area contributed by atoms with Crippen molar-refractivity contribution >= 4 is 0 Å². The predicted octanol–water partition coefficient (Wildman–Crippen LogP) is 4.99. The zero-order valence-electron chi connectivity index (χ0n) is 12.6. The fourth-order valence-corrected chi connectivity index (χ4v) is 1.75. The summed E-state index contributed by atoms with van der Waals surface area (Å²) in [4.78, 5) is 0. The smallest absolute Gasteiger partial charge is 0.393 e. The predicted molar refractivity (Wildman–Crippen MR) is 75.7 cm³/mol. The summed E-state index contributed by atoms with van der Waals surface area (Å²) >= 11 is 0. The van der Waals surface area contributed by atoms with Crippen LogP contribution in [-0.2, 0) is 30.2 Å². The SMILES string of the molecule is Oc1ccccc1CC(F)(F)F.Oc1ccccc1CC(F)(F)F.[Cr]. The van der Waals surface area contributed by atoms with Crippen LogP contribution in [0.3, 0.4) is 0 Å². The van der Waals surface area contributed by atoms with Gasteiger partial charge in [-0.3, -0.25) is 0 Å². The number of para-hydroxylation sites is 2. The maximum absolute atomic E-state index is 11.8. The zero-order valence-corrected chi connectivity index (χ0v) is 13.9. The number of phenolic OH excluding ortho intramolecular Hbond substituents is 2. The second kappa shape index (κ2) is 9.59. The molecule has 2 rings (SSSR count). The van der Waals surface area contributed by atoms with Crippen molar-refractivity contribution in [3.63, 3.8) is 0 Å². The second-order valence-corrected chi connectivity index (χ2v) is 4.84. The summed E-state index contributed by atoms with van der Waals surface area (Å²) < 4.78 is 70.9. The molecule has 0 aromatic heterocycles. The zero-order chi connectivity index (χ0) is 18.4. The number of benzene rings is 2. The molecule has 0 radical (unpaired) electrons. The molecule has 25 heavy (non-hydrogen) atoms. The van der Waals surface area contributed by atoms with Crippen LogP contribution in [-0.4, -0.2) is 22.6 Å². The van der Waals surface area contributed by atoms with Gasteiger partial charge in [-0.25, -0.2) is 0 Å². The monoisotopic (exact) mass is 404 g/mol. The molecule has 0 amide bonds. The first kappa shape index (κ1) is 23.2.